The summed E-state index contributed by atoms with van der Waals surface area (Å²) in [6.45, 7) is 6.43. The molecule has 0 aromatic carbocycles. The second-order valence-corrected chi connectivity index (χ2v) is 6.06. The molecule has 0 aromatic heterocycles. The van der Waals surface area contributed by atoms with Crippen LogP contribution in [0.5, 0.6) is 0 Å². The molecule has 0 spiro atoms. The highest BCUT2D eigenvalue weighted by Crippen LogP contribution is 2.46. The zero-order valence-corrected chi connectivity index (χ0v) is 12.1. The van der Waals surface area contributed by atoms with Gasteiger partial charge in [0.2, 0.25) is 6.43 Å². The minimum absolute atomic E-state index is 0.0806. The van der Waals surface area contributed by atoms with Crippen molar-refractivity contribution in [3.63, 3.8) is 0 Å². The molecule has 0 fully saturated rings. The first-order valence-corrected chi connectivity index (χ1v) is 7.48. The largest absolute Gasteiger partial charge is 0.238 e. The molecule has 0 unspecified atom stereocenters. The smallest absolute Gasteiger partial charge is 0.211 e. The monoisotopic (exact) mass is 258 g/mol. The summed E-state index contributed by atoms with van der Waals surface area (Å²) < 4.78 is 25.2. The van der Waals surface area contributed by atoms with Gasteiger partial charge < -0.3 is 0 Å². The Morgan fingerprint density at radius 3 is 2.50 bits per heavy atom. The molecule has 0 aromatic rings. The molecule has 0 aliphatic heterocycles. The van der Waals surface area contributed by atoms with Crippen LogP contribution in [0.25, 0.3) is 0 Å². The lowest BCUT2D eigenvalue weighted by molar-refractivity contribution is 0.0978. The minimum atomic E-state index is -2.15. The molecule has 0 N–H and O–H groups in total. The second kappa shape index (κ2) is 7.25. The van der Waals surface area contributed by atoms with Crippen molar-refractivity contribution < 1.29 is 8.78 Å². The van der Waals surface area contributed by atoms with E-state index in [-0.39, 0.29) is 17.8 Å². The Morgan fingerprint density at radius 1 is 1.33 bits per heavy atom. The van der Waals surface area contributed by atoms with Crippen molar-refractivity contribution in [3.05, 3.63) is 11.6 Å². The van der Waals surface area contributed by atoms with Crippen LogP contribution < -0.4 is 0 Å². The summed E-state index contributed by atoms with van der Waals surface area (Å²) in [4.78, 5) is 0. The minimum Gasteiger partial charge on any atom is -0.211 e. The first-order valence-electron chi connectivity index (χ1n) is 7.48. The number of hydrogen-bond donors (Lipinski definition) is 0. The predicted octanol–water partition coefficient (Wildman–Crippen LogP) is 5.97. The Hall–Kier alpha value is -0.400. The number of hydrogen-bond acceptors (Lipinski definition) is 0. The molecule has 0 heterocycles. The van der Waals surface area contributed by atoms with E-state index in [2.05, 4.69) is 19.9 Å². The van der Waals surface area contributed by atoms with Crippen LogP contribution in [0.15, 0.2) is 11.6 Å². The predicted molar refractivity (Wildman–Crippen MR) is 74.0 cm³/mol. The van der Waals surface area contributed by atoms with Crippen LogP contribution in [-0.2, 0) is 0 Å². The third-order valence-electron chi connectivity index (χ3n) is 4.38. The Labute approximate surface area is 111 Å². The summed E-state index contributed by atoms with van der Waals surface area (Å²) in [6, 6.07) is 0. The van der Waals surface area contributed by atoms with Gasteiger partial charge in [0, 0.05) is 6.42 Å². The van der Waals surface area contributed by atoms with Crippen LogP contribution >= 0.6 is 0 Å². The van der Waals surface area contributed by atoms with Gasteiger partial charge in [0.1, 0.15) is 0 Å². The number of alkyl halides is 2. The SMILES string of the molecule is CCCC[C@]1(C[C@H](CC)CC(F)F)C=C(C)CC1. The molecule has 2 atom stereocenters. The lowest BCUT2D eigenvalue weighted by atomic mass is 9.74. The number of unbranched alkanes of at least 4 members (excludes halogenated alkanes) is 1. The maximum Gasteiger partial charge on any atom is 0.238 e. The normalized spacial score (nSPS) is 25.6. The van der Waals surface area contributed by atoms with E-state index in [1.807, 2.05) is 6.92 Å². The number of rotatable bonds is 8. The summed E-state index contributed by atoms with van der Waals surface area (Å²) in [6.07, 6.45) is 8.11. The molecule has 0 amide bonds. The number of allylic oxidation sites excluding steroid dienone is 2. The van der Waals surface area contributed by atoms with E-state index in [1.165, 1.54) is 31.3 Å². The Morgan fingerprint density at radius 2 is 2.06 bits per heavy atom. The molecule has 18 heavy (non-hydrogen) atoms. The fourth-order valence-corrected chi connectivity index (χ4v) is 3.32. The average Bonchev–Trinajstić information content (AvgIpc) is 2.67. The van der Waals surface area contributed by atoms with Crippen LogP contribution in [0, 0.1) is 11.3 Å². The molecule has 1 aliphatic rings. The van der Waals surface area contributed by atoms with Crippen molar-refractivity contribution in [2.45, 2.75) is 78.6 Å². The zero-order valence-electron chi connectivity index (χ0n) is 12.1. The Balaban J connectivity index is 2.66. The summed E-state index contributed by atoms with van der Waals surface area (Å²) in [5, 5.41) is 0. The van der Waals surface area contributed by atoms with Crippen LogP contribution in [0.4, 0.5) is 8.78 Å². The molecule has 1 rings (SSSR count). The Kier molecular flexibility index (Phi) is 6.31. The van der Waals surface area contributed by atoms with E-state index in [4.69, 9.17) is 0 Å². The second-order valence-electron chi connectivity index (χ2n) is 6.06. The quantitative estimate of drug-likeness (QED) is 0.470. The molecular formula is C16H28F2. The molecule has 1 aliphatic carbocycles. The van der Waals surface area contributed by atoms with E-state index in [0.29, 0.717) is 0 Å². The van der Waals surface area contributed by atoms with Crippen molar-refractivity contribution in [2.75, 3.05) is 0 Å². The van der Waals surface area contributed by atoms with Gasteiger partial charge in [0.25, 0.3) is 0 Å². The maximum atomic E-state index is 12.6. The van der Waals surface area contributed by atoms with E-state index in [1.54, 1.807) is 0 Å². The standard InChI is InChI=1S/C16H28F2/c1-4-6-8-16(9-7-13(3)11-16)12-14(5-2)10-15(17)18/h11,14-15H,4-10,12H2,1-3H3/t14-,16-/m1/s1. The van der Waals surface area contributed by atoms with E-state index >= 15 is 0 Å². The fourth-order valence-electron chi connectivity index (χ4n) is 3.32. The molecule has 0 bridgehead atoms. The van der Waals surface area contributed by atoms with Crippen molar-refractivity contribution >= 4 is 0 Å². The summed E-state index contributed by atoms with van der Waals surface area (Å²) in [5.41, 5.74) is 1.69. The van der Waals surface area contributed by atoms with Gasteiger partial charge in [-0.2, -0.15) is 0 Å². The summed E-state index contributed by atoms with van der Waals surface area (Å²) in [7, 11) is 0. The highest BCUT2D eigenvalue weighted by molar-refractivity contribution is 5.15. The van der Waals surface area contributed by atoms with Gasteiger partial charge in [-0.05, 0) is 43.9 Å². The van der Waals surface area contributed by atoms with Crippen molar-refractivity contribution in [3.8, 4) is 0 Å². The van der Waals surface area contributed by atoms with Crippen LogP contribution in [0.1, 0.15) is 72.1 Å². The third-order valence-corrected chi connectivity index (χ3v) is 4.38. The van der Waals surface area contributed by atoms with Crippen molar-refractivity contribution in [1.29, 1.82) is 0 Å². The van der Waals surface area contributed by atoms with Crippen LogP contribution in [0.3, 0.4) is 0 Å². The summed E-state index contributed by atoms with van der Waals surface area (Å²) in [5.74, 6) is 0.184. The van der Waals surface area contributed by atoms with Gasteiger partial charge in [-0.25, -0.2) is 8.78 Å². The first kappa shape index (κ1) is 15.7. The molecule has 0 radical (unpaired) electrons. The van der Waals surface area contributed by atoms with Crippen LogP contribution in [-0.4, -0.2) is 6.43 Å². The maximum absolute atomic E-state index is 12.6. The molecule has 106 valence electrons. The number of halogens is 2. The van der Waals surface area contributed by atoms with E-state index in [0.717, 1.165) is 19.3 Å². The van der Waals surface area contributed by atoms with E-state index < -0.39 is 6.43 Å². The van der Waals surface area contributed by atoms with Gasteiger partial charge in [0.05, 0.1) is 0 Å². The highest BCUT2D eigenvalue weighted by atomic mass is 19.3. The lowest BCUT2D eigenvalue weighted by Crippen LogP contribution is -2.21. The van der Waals surface area contributed by atoms with Crippen LogP contribution in [0.2, 0.25) is 0 Å². The average molecular weight is 258 g/mol. The molecule has 2 heteroatoms. The van der Waals surface area contributed by atoms with Gasteiger partial charge in [-0.3, -0.25) is 0 Å². The van der Waals surface area contributed by atoms with Crippen molar-refractivity contribution in [2.24, 2.45) is 11.3 Å². The molecular weight excluding hydrogens is 230 g/mol. The first-order chi connectivity index (χ1) is 8.51. The third kappa shape index (κ3) is 4.70. The topological polar surface area (TPSA) is 0 Å². The molecule has 0 nitrogen and oxygen atoms in total. The van der Waals surface area contributed by atoms with Gasteiger partial charge in [0.15, 0.2) is 0 Å². The zero-order chi connectivity index (χ0) is 13.6. The van der Waals surface area contributed by atoms with Gasteiger partial charge >= 0.3 is 0 Å². The summed E-state index contributed by atoms with van der Waals surface area (Å²) >= 11 is 0. The molecule has 0 saturated carbocycles. The Bertz CT molecular complexity index is 270. The fraction of sp³-hybridized carbons (Fsp3) is 0.875. The van der Waals surface area contributed by atoms with Gasteiger partial charge in [-0.15, -0.1) is 0 Å². The van der Waals surface area contributed by atoms with Crippen molar-refractivity contribution in [1.82, 2.24) is 0 Å². The lowest BCUT2D eigenvalue weighted by Gasteiger charge is -2.31. The van der Waals surface area contributed by atoms with E-state index in [9.17, 15) is 8.78 Å². The highest BCUT2D eigenvalue weighted by Gasteiger charge is 2.33. The molecule has 0 saturated heterocycles. The van der Waals surface area contributed by atoms with Gasteiger partial charge in [-0.1, -0.05) is 44.8 Å².